The number of likely N-dealkylation sites (tertiary alicyclic amines) is 1. The maximum atomic E-state index is 12.5. The van der Waals surface area contributed by atoms with E-state index >= 15 is 0 Å². The quantitative estimate of drug-likeness (QED) is 0.766. The van der Waals surface area contributed by atoms with Crippen LogP contribution in [0.25, 0.3) is 0 Å². The summed E-state index contributed by atoms with van der Waals surface area (Å²) >= 11 is 3.32. The molecular weight excluding hydrogens is 362 g/mol. The lowest BCUT2D eigenvalue weighted by atomic mass is 10.2. The van der Waals surface area contributed by atoms with Crippen LogP contribution in [0.5, 0.6) is 0 Å². The Morgan fingerprint density at radius 3 is 2.70 bits per heavy atom. The van der Waals surface area contributed by atoms with Gasteiger partial charge in [0.2, 0.25) is 5.91 Å². The summed E-state index contributed by atoms with van der Waals surface area (Å²) in [5, 5.41) is 2.79. The third-order valence-electron chi connectivity index (χ3n) is 3.45. The first-order valence-electron chi connectivity index (χ1n) is 7.53. The smallest absolute Gasteiger partial charge is 0.410 e. The van der Waals surface area contributed by atoms with Gasteiger partial charge in [0.15, 0.2) is 0 Å². The van der Waals surface area contributed by atoms with E-state index in [4.69, 9.17) is 10.5 Å². The zero-order valence-electron chi connectivity index (χ0n) is 13.6. The van der Waals surface area contributed by atoms with E-state index in [1.54, 1.807) is 39.0 Å². The number of nitrogens with one attached hydrogen (secondary N) is 1. The van der Waals surface area contributed by atoms with Gasteiger partial charge in [0.25, 0.3) is 0 Å². The molecule has 2 amide bonds. The van der Waals surface area contributed by atoms with Crippen molar-refractivity contribution in [3.8, 4) is 0 Å². The van der Waals surface area contributed by atoms with Crippen molar-refractivity contribution in [3.63, 3.8) is 0 Å². The lowest BCUT2D eigenvalue weighted by Crippen LogP contribution is -2.45. The molecule has 0 aromatic heterocycles. The molecule has 23 heavy (non-hydrogen) atoms. The van der Waals surface area contributed by atoms with Gasteiger partial charge >= 0.3 is 6.09 Å². The number of rotatable bonds is 2. The maximum Gasteiger partial charge on any atom is 0.410 e. The standard InChI is InChI=1S/C16H22BrN3O3/c1-16(2,3)23-15(22)20-8-4-5-13(20)14(21)19-12-7-6-10(17)9-11(12)18/h6-7,9,13H,4-5,8,18H2,1-3H3,(H,19,21). The van der Waals surface area contributed by atoms with Crippen molar-refractivity contribution >= 4 is 39.3 Å². The molecule has 0 radical (unpaired) electrons. The van der Waals surface area contributed by atoms with Crippen molar-refractivity contribution in [1.82, 2.24) is 4.90 Å². The van der Waals surface area contributed by atoms with E-state index in [0.29, 0.717) is 24.3 Å². The number of nitrogen functional groups attached to an aromatic ring is 1. The van der Waals surface area contributed by atoms with E-state index in [1.165, 1.54) is 4.90 Å². The van der Waals surface area contributed by atoms with Crippen LogP contribution in [0.2, 0.25) is 0 Å². The fourth-order valence-electron chi connectivity index (χ4n) is 2.44. The molecule has 1 atom stereocenters. The lowest BCUT2D eigenvalue weighted by Gasteiger charge is -2.28. The molecule has 0 bridgehead atoms. The minimum Gasteiger partial charge on any atom is -0.444 e. The number of hydrogen-bond donors (Lipinski definition) is 2. The molecule has 6 nitrogen and oxygen atoms in total. The molecule has 0 spiro atoms. The van der Waals surface area contributed by atoms with Gasteiger partial charge in [-0.05, 0) is 51.8 Å². The van der Waals surface area contributed by atoms with Gasteiger partial charge < -0.3 is 15.8 Å². The minimum atomic E-state index is -0.586. The SMILES string of the molecule is CC(C)(C)OC(=O)N1CCCC1C(=O)Nc1ccc(Br)cc1N. The fourth-order valence-corrected chi connectivity index (χ4v) is 2.82. The first-order valence-corrected chi connectivity index (χ1v) is 8.32. The number of carbonyl (C=O) groups excluding carboxylic acids is 2. The molecule has 1 heterocycles. The Hall–Kier alpha value is -1.76. The Balaban J connectivity index is 2.07. The van der Waals surface area contributed by atoms with E-state index in [2.05, 4.69) is 21.2 Å². The second-order valence-corrected chi connectivity index (χ2v) is 7.47. The van der Waals surface area contributed by atoms with Gasteiger partial charge in [0.05, 0.1) is 11.4 Å². The van der Waals surface area contributed by atoms with Gasteiger partial charge in [-0.1, -0.05) is 15.9 Å². The molecule has 1 aliphatic rings. The number of nitrogens with two attached hydrogens (primary N) is 1. The first-order chi connectivity index (χ1) is 10.7. The summed E-state index contributed by atoms with van der Waals surface area (Å²) in [5.74, 6) is -0.248. The number of anilines is 2. The number of benzene rings is 1. The Kier molecular flexibility index (Phi) is 5.19. The van der Waals surface area contributed by atoms with Crippen molar-refractivity contribution in [2.45, 2.75) is 45.3 Å². The van der Waals surface area contributed by atoms with Crippen molar-refractivity contribution in [3.05, 3.63) is 22.7 Å². The van der Waals surface area contributed by atoms with E-state index in [-0.39, 0.29) is 5.91 Å². The van der Waals surface area contributed by atoms with Gasteiger partial charge in [0, 0.05) is 11.0 Å². The lowest BCUT2D eigenvalue weighted by molar-refractivity contribution is -0.120. The second-order valence-electron chi connectivity index (χ2n) is 6.55. The van der Waals surface area contributed by atoms with Crippen LogP contribution in [0.3, 0.4) is 0 Å². The Bertz CT molecular complexity index is 613. The summed E-state index contributed by atoms with van der Waals surface area (Å²) in [7, 11) is 0. The number of halogens is 1. The summed E-state index contributed by atoms with van der Waals surface area (Å²) < 4.78 is 6.21. The minimum absolute atomic E-state index is 0.248. The average molecular weight is 384 g/mol. The summed E-state index contributed by atoms with van der Waals surface area (Å²) in [6, 6.07) is 4.71. The fraction of sp³-hybridized carbons (Fsp3) is 0.500. The molecule has 1 saturated heterocycles. The van der Waals surface area contributed by atoms with Crippen LogP contribution in [-0.2, 0) is 9.53 Å². The van der Waals surface area contributed by atoms with Gasteiger partial charge in [-0.25, -0.2) is 4.79 Å². The molecule has 2 rings (SSSR count). The summed E-state index contributed by atoms with van der Waals surface area (Å²) in [4.78, 5) is 26.2. The van der Waals surface area contributed by atoms with Gasteiger partial charge in [0.1, 0.15) is 11.6 Å². The van der Waals surface area contributed by atoms with Gasteiger partial charge in [-0.3, -0.25) is 9.69 Å². The predicted molar refractivity (Wildman–Crippen MR) is 93.1 cm³/mol. The second kappa shape index (κ2) is 6.78. The summed E-state index contributed by atoms with van der Waals surface area (Å²) in [5.41, 5.74) is 6.31. The number of amides is 2. The summed E-state index contributed by atoms with van der Waals surface area (Å²) in [6.07, 6.45) is 0.924. The van der Waals surface area contributed by atoms with Crippen LogP contribution in [0.1, 0.15) is 33.6 Å². The van der Waals surface area contributed by atoms with Crippen LogP contribution in [0.15, 0.2) is 22.7 Å². The van der Waals surface area contributed by atoms with Crippen molar-refractivity contribution < 1.29 is 14.3 Å². The molecule has 126 valence electrons. The van der Waals surface area contributed by atoms with E-state index in [0.717, 1.165) is 10.9 Å². The Morgan fingerprint density at radius 1 is 1.39 bits per heavy atom. The number of hydrogen-bond acceptors (Lipinski definition) is 4. The molecule has 0 saturated carbocycles. The highest BCUT2D eigenvalue weighted by atomic mass is 79.9. The third-order valence-corrected chi connectivity index (χ3v) is 3.95. The van der Waals surface area contributed by atoms with Crippen LogP contribution in [0.4, 0.5) is 16.2 Å². The predicted octanol–water partition coefficient (Wildman–Crippen LogP) is 3.37. The van der Waals surface area contributed by atoms with Crippen LogP contribution >= 0.6 is 15.9 Å². The van der Waals surface area contributed by atoms with Crippen molar-refractivity contribution in [1.29, 1.82) is 0 Å². The zero-order chi connectivity index (χ0) is 17.2. The maximum absolute atomic E-state index is 12.5. The van der Waals surface area contributed by atoms with Crippen LogP contribution in [-0.4, -0.2) is 35.1 Å². The van der Waals surface area contributed by atoms with Gasteiger partial charge in [-0.2, -0.15) is 0 Å². The van der Waals surface area contributed by atoms with E-state index in [9.17, 15) is 9.59 Å². The van der Waals surface area contributed by atoms with E-state index < -0.39 is 17.7 Å². The number of ether oxygens (including phenoxy) is 1. The van der Waals surface area contributed by atoms with Crippen molar-refractivity contribution in [2.75, 3.05) is 17.6 Å². The highest BCUT2D eigenvalue weighted by Gasteiger charge is 2.36. The highest BCUT2D eigenvalue weighted by Crippen LogP contribution is 2.26. The molecule has 1 aromatic carbocycles. The molecule has 1 fully saturated rings. The van der Waals surface area contributed by atoms with E-state index in [1.807, 2.05) is 0 Å². The topological polar surface area (TPSA) is 84.7 Å². The molecule has 0 aliphatic carbocycles. The Labute approximate surface area is 144 Å². The molecular formula is C16H22BrN3O3. The van der Waals surface area contributed by atoms with Crippen LogP contribution in [0, 0.1) is 0 Å². The number of nitrogens with zero attached hydrogens (tertiary/aromatic N) is 1. The number of carbonyl (C=O) groups is 2. The normalized spacial score (nSPS) is 17.9. The zero-order valence-corrected chi connectivity index (χ0v) is 15.1. The third kappa shape index (κ3) is 4.60. The first kappa shape index (κ1) is 17.6. The Morgan fingerprint density at radius 2 is 2.09 bits per heavy atom. The van der Waals surface area contributed by atoms with Gasteiger partial charge in [-0.15, -0.1) is 0 Å². The summed E-state index contributed by atoms with van der Waals surface area (Å²) in [6.45, 7) is 5.93. The highest BCUT2D eigenvalue weighted by molar-refractivity contribution is 9.10. The molecule has 1 aliphatic heterocycles. The molecule has 1 aromatic rings. The van der Waals surface area contributed by atoms with Crippen LogP contribution < -0.4 is 11.1 Å². The molecule has 7 heteroatoms. The average Bonchev–Trinajstić information content (AvgIpc) is 2.89. The molecule has 1 unspecified atom stereocenters. The molecule has 3 N–H and O–H groups in total. The van der Waals surface area contributed by atoms with Crippen molar-refractivity contribution in [2.24, 2.45) is 0 Å². The monoisotopic (exact) mass is 383 g/mol. The largest absolute Gasteiger partial charge is 0.444 e.